The van der Waals surface area contributed by atoms with E-state index in [2.05, 4.69) is 17.3 Å². The van der Waals surface area contributed by atoms with E-state index < -0.39 is 19.2 Å². The summed E-state index contributed by atoms with van der Waals surface area (Å²) < 4.78 is -0.0278. The van der Waals surface area contributed by atoms with E-state index in [-0.39, 0.29) is 4.75 Å². The number of aliphatic carboxylic acids is 1. The van der Waals surface area contributed by atoms with Gasteiger partial charge in [0.25, 0.3) is 0 Å². The van der Waals surface area contributed by atoms with Gasteiger partial charge in [0, 0.05) is 0 Å². The molecule has 2 nitrogen and oxygen atoms in total. The summed E-state index contributed by atoms with van der Waals surface area (Å²) >= 11 is -1.92. The Morgan fingerprint density at radius 1 is 1.50 bits per heavy atom. The van der Waals surface area contributed by atoms with Crippen LogP contribution in [0.3, 0.4) is 0 Å². The van der Waals surface area contributed by atoms with E-state index in [9.17, 15) is 4.79 Å². The number of carbonyl (C=O) groups is 1. The average Bonchev–Trinajstić information content (AvgIpc) is 1.60. The minimum atomic E-state index is -1.92. The molecule has 0 spiro atoms. The van der Waals surface area contributed by atoms with Crippen molar-refractivity contribution in [3.63, 3.8) is 0 Å². The molecule has 0 aromatic carbocycles. The Labute approximate surface area is 65.0 Å². The van der Waals surface area contributed by atoms with Crippen LogP contribution >= 0.6 is 0 Å². The van der Waals surface area contributed by atoms with Gasteiger partial charge >= 0.3 is 64.5 Å². The topological polar surface area (TPSA) is 37.3 Å². The Morgan fingerprint density at radius 2 is 1.90 bits per heavy atom. The summed E-state index contributed by atoms with van der Waals surface area (Å²) in [5, 5.41) is 8.76. The molecule has 1 unspecified atom stereocenters. The van der Waals surface area contributed by atoms with Gasteiger partial charge in [0.15, 0.2) is 0 Å². The average molecular weight is 205 g/mol. The van der Waals surface area contributed by atoms with Crippen LogP contribution in [0, 0.1) is 0 Å². The van der Waals surface area contributed by atoms with Gasteiger partial charge in [-0.3, -0.25) is 0 Å². The van der Waals surface area contributed by atoms with Crippen LogP contribution in [0.1, 0.15) is 13.3 Å². The van der Waals surface area contributed by atoms with E-state index >= 15 is 0 Å². The van der Waals surface area contributed by atoms with Crippen molar-refractivity contribution >= 4 is 19.2 Å². The molecule has 0 aliphatic rings. The molecule has 0 aliphatic heterocycles. The summed E-state index contributed by atoms with van der Waals surface area (Å²) in [6.07, 6.45) is 0.791. The van der Waals surface area contributed by atoms with Gasteiger partial charge in [0.1, 0.15) is 0 Å². The molecule has 0 aromatic heterocycles. The van der Waals surface area contributed by atoms with Crippen molar-refractivity contribution in [2.75, 3.05) is 0 Å². The van der Waals surface area contributed by atoms with Crippen LogP contribution < -0.4 is 0 Å². The van der Waals surface area contributed by atoms with E-state index in [1.165, 1.54) is 0 Å². The SMILES string of the molecule is CC[CH](C(=O)O)[Ge]([CH3])([CH3])[CH3]. The van der Waals surface area contributed by atoms with Crippen LogP contribution in [0.25, 0.3) is 0 Å². The third kappa shape index (κ3) is 2.73. The second-order valence-electron chi connectivity index (χ2n) is 3.67. The van der Waals surface area contributed by atoms with Crippen molar-refractivity contribution in [2.45, 2.75) is 35.4 Å². The fraction of sp³-hybridized carbons (Fsp3) is 0.857. The fourth-order valence-corrected chi connectivity index (χ4v) is 5.28. The number of carboxylic acid groups (broad SMARTS) is 1. The number of rotatable bonds is 3. The first kappa shape index (κ1) is 10.0. The van der Waals surface area contributed by atoms with Crippen molar-refractivity contribution in [1.82, 2.24) is 0 Å². The van der Waals surface area contributed by atoms with Gasteiger partial charge in [-0.1, -0.05) is 0 Å². The van der Waals surface area contributed by atoms with E-state index in [0.717, 1.165) is 6.42 Å². The summed E-state index contributed by atoms with van der Waals surface area (Å²) in [6.45, 7) is 1.95. The number of carboxylic acids is 1. The standard InChI is InChI=1S/C7H16GeO2/c1-5-6(7(9)10)8(2,3)4/h6H,5H2,1-4H3,(H,9,10). The van der Waals surface area contributed by atoms with Gasteiger partial charge in [0.2, 0.25) is 0 Å². The van der Waals surface area contributed by atoms with Crippen LogP contribution in [-0.2, 0) is 4.79 Å². The van der Waals surface area contributed by atoms with E-state index in [1.54, 1.807) is 0 Å². The maximum atomic E-state index is 10.6. The second kappa shape index (κ2) is 3.42. The zero-order valence-corrected chi connectivity index (χ0v) is 9.24. The molecule has 3 heteroatoms. The summed E-state index contributed by atoms with van der Waals surface area (Å²) in [5.74, 6) is 5.82. The molecule has 0 saturated carbocycles. The second-order valence-corrected chi connectivity index (χ2v) is 15.1. The third-order valence-electron chi connectivity index (χ3n) is 1.75. The maximum absolute atomic E-state index is 10.6. The van der Waals surface area contributed by atoms with Crippen molar-refractivity contribution in [1.29, 1.82) is 0 Å². The van der Waals surface area contributed by atoms with Crippen LogP contribution in [-0.4, -0.2) is 24.3 Å². The molecular formula is C7H16GeO2. The van der Waals surface area contributed by atoms with Crippen LogP contribution in [0.15, 0.2) is 0 Å². The van der Waals surface area contributed by atoms with Gasteiger partial charge in [-0.05, 0) is 0 Å². The molecule has 0 aromatic rings. The Morgan fingerprint density at radius 3 is 1.90 bits per heavy atom. The minimum absolute atomic E-state index is 0.0278. The van der Waals surface area contributed by atoms with Crippen molar-refractivity contribution in [3.05, 3.63) is 0 Å². The van der Waals surface area contributed by atoms with Crippen molar-refractivity contribution < 1.29 is 9.90 Å². The van der Waals surface area contributed by atoms with Crippen molar-refractivity contribution in [2.24, 2.45) is 0 Å². The summed E-state index contributed by atoms with van der Waals surface area (Å²) in [6, 6.07) is 0. The summed E-state index contributed by atoms with van der Waals surface area (Å²) in [7, 11) is 0. The van der Waals surface area contributed by atoms with Crippen LogP contribution in [0.2, 0.25) is 22.0 Å². The Bertz CT molecular complexity index is 126. The van der Waals surface area contributed by atoms with Gasteiger partial charge in [0.05, 0.1) is 0 Å². The predicted octanol–water partition coefficient (Wildman–Crippen LogP) is 2.19. The monoisotopic (exact) mass is 206 g/mol. The van der Waals surface area contributed by atoms with Gasteiger partial charge in [-0.25, -0.2) is 0 Å². The van der Waals surface area contributed by atoms with Crippen LogP contribution in [0.4, 0.5) is 0 Å². The van der Waals surface area contributed by atoms with E-state index in [0.29, 0.717) is 0 Å². The zero-order chi connectivity index (χ0) is 8.36. The Hall–Kier alpha value is 0.0129. The van der Waals surface area contributed by atoms with E-state index in [4.69, 9.17) is 5.11 Å². The van der Waals surface area contributed by atoms with Gasteiger partial charge in [-0.2, -0.15) is 0 Å². The predicted molar refractivity (Wildman–Crippen MR) is 45.0 cm³/mol. The van der Waals surface area contributed by atoms with E-state index in [1.807, 2.05) is 6.92 Å². The molecule has 1 atom stereocenters. The van der Waals surface area contributed by atoms with Gasteiger partial charge < -0.3 is 0 Å². The molecule has 0 bridgehead atoms. The zero-order valence-electron chi connectivity index (χ0n) is 7.14. The molecule has 0 amide bonds. The molecule has 0 fully saturated rings. The van der Waals surface area contributed by atoms with Gasteiger partial charge in [-0.15, -0.1) is 0 Å². The molecule has 0 aliphatic carbocycles. The Kier molecular flexibility index (Phi) is 3.42. The summed E-state index contributed by atoms with van der Waals surface area (Å²) in [5.41, 5.74) is 0. The Balaban J connectivity index is 4.22. The molecule has 10 heavy (non-hydrogen) atoms. The molecule has 0 saturated heterocycles. The fourth-order valence-electron chi connectivity index (χ4n) is 1.16. The molecule has 0 heterocycles. The van der Waals surface area contributed by atoms with Crippen LogP contribution in [0.5, 0.6) is 0 Å². The first-order valence-corrected chi connectivity index (χ1v) is 11.1. The summed E-state index contributed by atoms with van der Waals surface area (Å²) in [4.78, 5) is 10.6. The number of hydrogen-bond acceptors (Lipinski definition) is 1. The molecular weight excluding hydrogens is 189 g/mol. The first-order chi connectivity index (χ1) is 4.39. The molecule has 60 valence electrons. The number of hydrogen-bond donors (Lipinski definition) is 1. The van der Waals surface area contributed by atoms with Crippen molar-refractivity contribution in [3.8, 4) is 0 Å². The first-order valence-electron chi connectivity index (χ1n) is 3.62. The molecule has 0 rings (SSSR count). The quantitative estimate of drug-likeness (QED) is 0.716. The molecule has 0 radical (unpaired) electrons. The normalized spacial score (nSPS) is 14.8. The molecule has 1 N–H and O–H groups in total. The third-order valence-corrected chi connectivity index (χ3v) is 7.51.